The van der Waals surface area contributed by atoms with E-state index in [-0.39, 0.29) is 11.6 Å². The number of pyridine rings is 1. The number of carbonyl (C=O) groups is 2. The zero-order chi connectivity index (χ0) is 14.7. The van der Waals surface area contributed by atoms with E-state index in [9.17, 15) is 9.59 Å². The highest BCUT2D eigenvalue weighted by Gasteiger charge is 2.31. The Balaban J connectivity index is 1.72. The molecule has 108 valence electrons. The van der Waals surface area contributed by atoms with Gasteiger partial charge in [-0.1, -0.05) is 5.16 Å². The SMILES string of the molecule is O=C(NC1CCCN(c2cccnc2)C1=O)c1ccon1. The molecule has 2 aromatic rings. The highest BCUT2D eigenvalue weighted by atomic mass is 16.5. The largest absolute Gasteiger partial charge is 0.364 e. The Bertz CT molecular complexity index is 627. The predicted octanol–water partition coefficient (Wildman–Crippen LogP) is 0.995. The third-order valence-electron chi connectivity index (χ3n) is 3.37. The van der Waals surface area contributed by atoms with Gasteiger partial charge in [-0.2, -0.15) is 0 Å². The number of anilines is 1. The van der Waals surface area contributed by atoms with E-state index >= 15 is 0 Å². The summed E-state index contributed by atoms with van der Waals surface area (Å²) < 4.78 is 4.63. The number of hydrogen-bond donors (Lipinski definition) is 1. The number of piperidine rings is 1. The van der Waals surface area contributed by atoms with Gasteiger partial charge >= 0.3 is 0 Å². The van der Waals surface area contributed by atoms with Crippen LogP contribution in [0.2, 0.25) is 0 Å². The predicted molar refractivity (Wildman–Crippen MR) is 73.6 cm³/mol. The zero-order valence-corrected chi connectivity index (χ0v) is 11.2. The number of hydrogen-bond acceptors (Lipinski definition) is 5. The standard InChI is InChI=1S/C14H14N4O3/c19-13(11-5-8-21-17-11)16-12-4-2-7-18(14(12)20)10-3-1-6-15-9-10/h1,3,5-6,8-9,12H,2,4,7H2,(H,16,19). The van der Waals surface area contributed by atoms with Gasteiger partial charge in [0.15, 0.2) is 5.69 Å². The fraction of sp³-hybridized carbons (Fsp3) is 0.286. The van der Waals surface area contributed by atoms with Gasteiger partial charge in [0, 0.05) is 18.8 Å². The van der Waals surface area contributed by atoms with E-state index in [1.54, 1.807) is 23.4 Å². The van der Waals surface area contributed by atoms with Crippen LogP contribution in [0.4, 0.5) is 5.69 Å². The van der Waals surface area contributed by atoms with Gasteiger partial charge in [-0.15, -0.1) is 0 Å². The first-order chi connectivity index (χ1) is 10.3. The second-order valence-electron chi connectivity index (χ2n) is 4.75. The summed E-state index contributed by atoms with van der Waals surface area (Å²) in [5.74, 6) is -0.541. The van der Waals surface area contributed by atoms with Crippen LogP contribution < -0.4 is 10.2 Å². The summed E-state index contributed by atoms with van der Waals surface area (Å²) in [4.78, 5) is 30.1. The summed E-state index contributed by atoms with van der Waals surface area (Å²) in [6.45, 7) is 0.626. The maximum Gasteiger partial charge on any atom is 0.274 e. The first-order valence-corrected chi connectivity index (χ1v) is 6.68. The van der Waals surface area contributed by atoms with Crippen molar-refractivity contribution in [2.24, 2.45) is 0 Å². The minimum Gasteiger partial charge on any atom is -0.364 e. The minimum absolute atomic E-state index is 0.133. The monoisotopic (exact) mass is 286 g/mol. The molecule has 0 aliphatic carbocycles. The first-order valence-electron chi connectivity index (χ1n) is 6.68. The lowest BCUT2D eigenvalue weighted by atomic mass is 10.0. The smallest absolute Gasteiger partial charge is 0.274 e. The lowest BCUT2D eigenvalue weighted by Gasteiger charge is -2.32. The van der Waals surface area contributed by atoms with Crippen LogP contribution >= 0.6 is 0 Å². The Kier molecular flexibility index (Phi) is 3.63. The summed E-state index contributed by atoms with van der Waals surface area (Å²) >= 11 is 0. The molecular weight excluding hydrogens is 272 g/mol. The molecule has 1 aliphatic heterocycles. The van der Waals surface area contributed by atoms with Crippen LogP contribution in [0.25, 0.3) is 0 Å². The number of amides is 2. The van der Waals surface area contributed by atoms with Gasteiger partial charge in [0.25, 0.3) is 5.91 Å². The van der Waals surface area contributed by atoms with Gasteiger partial charge in [-0.25, -0.2) is 0 Å². The van der Waals surface area contributed by atoms with Gasteiger partial charge in [0.1, 0.15) is 12.3 Å². The van der Waals surface area contributed by atoms with Gasteiger partial charge in [0.05, 0.1) is 11.9 Å². The molecule has 0 radical (unpaired) electrons. The number of rotatable bonds is 3. The number of nitrogens with zero attached hydrogens (tertiary/aromatic N) is 3. The molecule has 7 nitrogen and oxygen atoms in total. The van der Waals surface area contributed by atoms with E-state index in [0.29, 0.717) is 13.0 Å². The van der Waals surface area contributed by atoms with E-state index in [0.717, 1.165) is 12.1 Å². The molecular formula is C14H14N4O3. The van der Waals surface area contributed by atoms with Crippen LogP contribution in [-0.4, -0.2) is 34.5 Å². The van der Waals surface area contributed by atoms with Crippen molar-refractivity contribution in [2.45, 2.75) is 18.9 Å². The number of carbonyl (C=O) groups excluding carboxylic acids is 2. The first kappa shape index (κ1) is 13.3. The molecule has 21 heavy (non-hydrogen) atoms. The Labute approximate surface area is 120 Å². The van der Waals surface area contributed by atoms with Crippen molar-refractivity contribution in [1.29, 1.82) is 0 Å². The fourth-order valence-corrected chi connectivity index (χ4v) is 2.34. The highest BCUT2D eigenvalue weighted by Crippen LogP contribution is 2.20. The molecule has 0 bridgehead atoms. The molecule has 3 rings (SSSR count). The minimum atomic E-state index is -0.553. The Morgan fingerprint density at radius 2 is 2.33 bits per heavy atom. The maximum atomic E-state index is 12.5. The van der Waals surface area contributed by atoms with Crippen molar-refractivity contribution in [2.75, 3.05) is 11.4 Å². The van der Waals surface area contributed by atoms with Crippen molar-refractivity contribution in [3.8, 4) is 0 Å². The van der Waals surface area contributed by atoms with E-state index in [1.165, 1.54) is 12.3 Å². The summed E-state index contributed by atoms with van der Waals surface area (Å²) in [6, 6.07) is 4.51. The average molecular weight is 286 g/mol. The summed E-state index contributed by atoms with van der Waals surface area (Å²) in [5.41, 5.74) is 0.907. The van der Waals surface area contributed by atoms with E-state index < -0.39 is 11.9 Å². The topological polar surface area (TPSA) is 88.3 Å². The van der Waals surface area contributed by atoms with Crippen LogP contribution in [0.1, 0.15) is 23.3 Å². The number of nitrogens with one attached hydrogen (secondary N) is 1. The normalized spacial score (nSPS) is 18.6. The molecule has 1 fully saturated rings. The lowest BCUT2D eigenvalue weighted by molar-refractivity contribution is -0.121. The van der Waals surface area contributed by atoms with Crippen LogP contribution in [0.5, 0.6) is 0 Å². The van der Waals surface area contributed by atoms with Gasteiger partial charge < -0.3 is 14.7 Å². The quantitative estimate of drug-likeness (QED) is 0.909. The Morgan fingerprint density at radius 1 is 1.43 bits per heavy atom. The molecule has 0 spiro atoms. The van der Waals surface area contributed by atoms with E-state index in [2.05, 4.69) is 20.0 Å². The number of aromatic nitrogens is 2. The fourth-order valence-electron chi connectivity index (χ4n) is 2.34. The molecule has 2 amide bonds. The molecule has 0 saturated carbocycles. The van der Waals surface area contributed by atoms with Gasteiger partial charge in [-0.3, -0.25) is 14.6 Å². The molecule has 1 unspecified atom stereocenters. The van der Waals surface area contributed by atoms with E-state index in [4.69, 9.17) is 0 Å². The molecule has 1 saturated heterocycles. The van der Waals surface area contributed by atoms with Gasteiger partial charge in [0.2, 0.25) is 5.91 Å². The second kappa shape index (κ2) is 5.74. The highest BCUT2D eigenvalue weighted by molar-refractivity contribution is 6.02. The second-order valence-corrected chi connectivity index (χ2v) is 4.75. The molecule has 1 aliphatic rings. The molecule has 2 aromatic heterocycles. The van der Waals surface area contributed by atoms with Crippen LogP contribution in [-0.2, 0) is 4.79 Å². The van der Waals surface area contributed by atoms with Crippen molar-refractivity contribution in [3.05, 3.63) is 42.5 Å². The van der Waals surface area contributed by atoms with Crippen LogP contribution in [0, 0.1) is 0 Å². The molecule has 0 aromatic carbocycles. The average Bonchev–Trinajstić information content (AvgIpc) is 3.05. The van der Waals surface area contributed by atoms with Crippen molar-refractivity contribution >= 4 is 17.5 Å². The van der Waals surface area contributed by atoms with Crippen molar-refractivity contribution < 1.29 is 14.1 Å². The third-order valence-corrected chi connectivity index (χ3v) is 3.37. The Morgan fingerprint density at radius 3 is 3.05 bits per heavy atom. The van der Waals surface area contributed by atoms with Crippen molar-refractivity contribution in [1.82, 2.24) is 15.5 Å². The molecule has 1 N–H and O–H groups in total. The van der Waals surface area contributed by atoms with E-state index in [1.807, 2.05) is 6.07 Å². The lowest BCUT2D eigenvalue weighted by Crippen LogP contribution is -2.52. The molecule has 7 heteroatoms. The molecule has 1 atom stereocenters. The summed E-state index contributed by atoms with van der Waals surface area (Å²) in [5, 5.41) is 6.26. The Hall–Kier alpha value is -2.70. The van der Waals surface area contributed by atoms with Crippen LogP contribution in [0.3, 0.4) is 0 Å². The van der Waals surface area contributed by atoms with Crippen LogP contribution in [0.15, 0.2) is 41.4 Å². The van der Waals surface area contributed by atoms with Gasteiger partial charge in [-0.05, 0) is 25.0 Å². The maximum absolute atomic E-state index is 12.5. The van der Waals surface area contributed by atoms with Crippen molar-refractivity contribution in [3.63, 3.8) is 0 Å². The summed E-state index contributed by atoms with van der Waals surface area (Å²) in [6.07, 6.45) is 6.03. The molecule has 3 heterocycles. The summed E-state index contributed by atoms with van der Waals surface area (Å²) in [7, 11) is 0. The zero-order valence-electron chi connectivity index (χ0n) is 11.2. The third kappa shape index (κ3) is 2.76.